The lowest BCUT2D eigenvalue weighted by atomic mass is 10.1. The van der Waals surface area contributed by atoms with E-state index in [2.05, 4.69) is 31.1 Å². The summed E-state index contributed by atoms with van der Waals surface area (Å²) in [6.45, 7) is 6.69. The average Bonchev–Trinajstić information content (AvgIpc) is 2.69. The van der Waals surface area contributed by atoms with E-state index in [0.717, 1.165) is 0 Å². The van der Waals surface area contributed by atoms with Crippen LogP contribution in [0.5, 0.6) is 0 Å². The van der Waals surface area contributed by atoms with Crippen LogP contribution < -0.4 is 5.32 Å². The molecule has 1 aromatic heterocycles. The molecule has 0 aliphatic rings. The van der Waals surface area contributed by atoms with Gasteiger partial charge in [-0.25, -0.2) is 0 Å². The van der Waals surface area contributed by atoms with Crippen molar-refractivity contribution in [3.8, 4) is 0 Å². The van der Waals surface area contributed by atoms with E-state index in [9.17, 15) is 0 Å². The molecule has 0 saturated heterocycles. The van der Waals surface area contributed by atoms with Crippen LogP contribution in [-0.4, -0.2) is 11.0 Å². The monoisotopic (exact) mass is 212 g/mol. The molecule has 0 fully saturated rings. The summed E-state index contributed by atoms with van der Waals surface area (Å²) < 4.78 is 0. The van der Waals surface area contributed by atoms with Crippen molar-refractivity contribution in [3.05, 3.63) is 16.6 Å². The first-order chi connectivity index (χ1) is 6.77. The maximum atomic E-state index is 4.10. The first-order valence-electron chi connectivity index (χ1n) is 5.42. The SMILES string of the molecule is CCCC(CC)NC(C)c1cncs1. The van der Waals surface area contributed by atoms with Gasteiger partial charge in [0.05, 0.1) is 5.51 Å². The number of rotatable bonds is 6. The lowest BCUT2D eigenvalue weighted by Gasteiger charge is -2.20. The van der Waals surface area contributed by atoms with E-state index < -0.39 is 0 Å². The minimum Gasteiger partial charge on any atom is -0.307 e. The van der Waals surface area contributed by atoms with E-state index in [1.165, 1.54) is 24.1 Å². The van der Waals surface area contributed by atoms with E-state index in [0.29, 0.717) is 12.1 Å². The maximum absolute atomic E-state index is 4.10. The van der Waals surface area contributed by atoms with Crippen LogP contribution in [0.4, 0.5) is 0 Å². The van der Waals surface area contributed by atoms with Crippen LogP contribution in [0.2, 0.25) is 0 Å². The topological polar surface area (TPSA) is 24.9 Å². The molecule has 0 radical (unpaired) electrons. The summed E-state index contributed by atoms with van der Waals surface area (Å²) in [6, 6.07) is 1.09. The van der Waals surface area contributed by atoms with Crippen molar-refractivity contribution in [2.24, 2.45) is 0 Å². The van der Waals surface area contributed by atoms with Crippen molar-refractivity contribution in [1.29, 1.82) is 0 Å². The van der Waals surface area contributed by atoms with Gasteiger partial charge in [0.2, 0.25) is 0 Å². The summed E-state index contributed by atoms with van der Waals surface area (Å²) in [4.78, 5) is 5.43. The summed E-state index contributed by atoms with van der Waals surface area (Å²) in [7, 11) is 0. The number of hydrogen-bond donors (Lipinski definition) is 1. The van der Waals surface area contributed by atoms with Crippen molar-refractivity contribution in [1.82, 2.24) is 10.3 Å². The normalized spacial score (nSPS) is 15.4. The number of hydrogen-bond acceptors (Lipinski definition) is 3. The first kappa shape index (κ1) is 11.7. The number of nitrogens with one attached hydrogen (secondary N) is 1. The van der Waals surface area contributed by atoms with Crippen LogP contribution in [0, 0.1) is 0 Å². The highest BCUT2D eigenvalue weighted by Crippen LogP contribution is 2.18. The minimum absolute atomic E-state index is 0.444. The molecular weight excluding hydrogens is 192 g/mol. The number of nitrogens with zero attached hydrogens (tertiary/aromatic N) is 1. The predicted molar refractivity (Wildman–Crippen MR) is 62.7 cm³/mol. The second kappa shape index (κ2) is 6.14. The molecule has 0 bridgehead atoms. The van der Waals surface area contributed by atoms with E-state index in [1.807, 2.05) is 11.7 Å². The Labute approximate surface area is 90.8 Å². The summed E-state index contributed by atoms with van der Waals surface area (Å²) in [6.07, 6.45) is 5.68. The van der Waals surface area contributed by atoms with Gasteiger partial charge in [0.25, 0.3) is 0 Å². The van der Waals surface area contributed by atoms with Gasteiger partial charge in [-0.3, -0.25) is 4.98 Å². The van der Waals surface area contributed by atoms with Crippen molar-refractivity contribution in [3.63, 3.8) is 0 Å². The molecule has 3 heteroatoms. The van der Waals surface area contributed by atoms with Gasteiger partial charge in [-0.1, -0.05) is 20.3 Å². The molecule has 0 aromatic carbocycles. The van der Waals surface area contributed by atoms with Crippen LogP contribution in [0.1, 0.15) is 51.0 Å². The Balaban J connectivity index is 2.42. The minimum atomic E-state index is 0.444. The molecule has 2 unspecified atom stereocenters. The molecule has 1 N–H and O–H groups in total. The van der Waals surface area contributed by atoms with Gasteiger partial charge in [-0.2, -0.15) is 0 Å². The van der Waals surface area contributed by atoms with Gasteiger partial charge in [0.1, 0.15) is 0 Å². The van der Waals surface area contributed by atoms with E-state index in [1.54, 1.807) is 11.3 Å². The van der Waals surface area contributed by atoms with E-state index in [4.69, 9.17) is 0 Å². The molecule has 0 aliphatic heterocycles. The summed E-state index contributed by atoms with van der Waals surface area (Å²) in [5.74, 6) is 0. The van der Waals surface area contributed by atoms with Gasteiger partial charge >= 0.3 is 0 Å². The molecule has 0 aliphatic carbocycles. The second-order valence-corrected chi connectivity index (χ2v) is 4.60. The predicted octanol–water partition coefficient (Wildman–Crippen LogP) is 3.37. The first-order valence-corrected chi connectivity index (χ1v) is 6.30. The maximum Gasteiger partial charge on any atom is 0.0794 e. The highest BCUT2D eigenvalue weighted by atomic mass is 32.1. The van der Waals surface area contributed by atoms with Gasteiger partial charge in [0.15, 0.2) is 0 Å². The smallest absolute Gasteiger partial charge is 0.0794 e. The van der Waals surface area contributed by atoms with Gasteiger partial charge in [-0.15, -0.1) is 11.3 Å². The van der Waals surface area contributed by atoms with Crippen LogP contribution in [0.15, 0.2) is 11.7 Å². The van der Waals surface area contributed by atoms with Gasteiger partial charge in [0, 0.05) is 23.2 Å². The van der Waals surface area contributed by atoms with Crippen LogP contribution in [0.25, 0.3) is 0 Å². The van der Waals surface area contributed by atoms with E-state index in [-0.39, 0.29) is 0 Å². The fraction of sp³-hybridized carbons (Fsp3) is 0.727. The Morgan fingerprint density at radius 3 is 2.79 bits per heavy atom. The molecule has 0 saturated carbocycles. The molecule has 1 aromatic rings. The third kappa shape index (κ3) is 3.39. The quantitative estimate of drug-likeness (QED) is 0.782. The van der Waals surface area contributed by atoms with Crippen molar-refractivity contribution < 1.29 is 0 Å². The van der Waals surface area contributed by atoms with Crippen LogP contribution in [-0.2, 0) is 0 Å². The van der Waals surface area contributed by atoms with Gasteiger partial charge < -0.3 is 5.32 Å². The molecule has 14 heavy (non-hydrogen) atoms. The Bertz CT molecular complexity index is 233. The summed E-state index contributed by atoms with van der Waals surface area (Å²) in [5.41, 5.74) is 1.90. The zero-order chi connectivity index (χ0) is 10.4. The number of aromatic nitrogens is 1. The third-order valence-corrected chi connectivity index (χ3v) is 3.45. The van der Waals surface area contributed by atoms with Crippen LogP contribution in [0.3, 0.4) is 0 Å². The molecule has 2 atom stereocenters. The second-order valence-electron chi connectivity index (χ2n) is 3.69. The van der Waals surface area contributed by atoms with Crippen LogP contribution >= 0.6 is 11.3 Å². The van der Waals surface area contributed by atoms with Gasteiger partial charge in [-0.05, 0) is 19.8 Å². The molecule has 2 nitrogen and oxygen atoms in total. The Hall–Kier alpha value is -0.410. The van der Waals surface area contributed by atoms with Crippen molar-refractivity contribution in [2.75, 3.05) is 0 Å². The molecular formula is C11H20N2S. The standard InChI is InChI=1S/C11H20N2S/c1-4-6-10(5-2)13-9(3)11-7-12-8-14-11/h7-10,13H,4-6H2,1-3H3. The molecule has 80 valence electrons. The fourth-order valence-electron chi connectivity index (χ4n) is 1.63. The Morgan fingerprint density at radius 2 is 2.29 bits per heavy atom. The lowest BCUT2D eigenvalue weighted by Crippen LogP contribution is -2.30. The average molecular weight is 212 g/mol. The third-order valence-electron chi connectivity index (χ3n) is 2.49. The Morgan fingerprint density at radius 1 is 1.50 bits per heavy atom. The number of thiazole rings is 1. The molecule has 0 spiro atoms. The Kier molecular flexibility index (Phi) is 5.12. The lowest BCUT2D eigenvalue weighted by molar-refractivity contribution is 0.420. The molecule has 1 heterocycles. The van der Waals surface area contributed by atoms with Crippen molar-refractivity contribution >= 4 is 11.3 Å². The zero-order valence-electron chi connectivity index (χ0n) is 9.29. The van der Waals surface area contributed by atoms with E-state index >= 15 is 0 Å². The highest BCUT2D eigenvalue weighted by Gasteiger charge is 2.11. The highest BCUT2D eigenvalue weighted by molar-refractivity contribution is 7.09. The fourth-order valence-corrected chi connectivity index (χ4v) is 2.27. The zero-order valence-corrected chi connectivity index (χ0v) is 10.1. The summed E-state index contributed by atoms with van der Waals surface area (Å²) >= 11 is 1.73. The van der Waals surface area contributed by atoms with Crippen molar-refractivity contribution in [2.45, 2.75) is 52.1 Å². The summed E-state index contributed by atoms with van der Waals surface area (Å²) in [5, 5.41) is 3.64. The molecule has 0 amide bonds. The molecule has 1 rings (SSSR count). The largest absolute Gasteiger partial charge is 0.307 e.